The first kappa shape index (κ1) is 18.6. The molecule has 0 radical (unpaired) electrons. The predicted molar refractivity (Wildman–Crippen MR) is 101 cm³/mol. The Balaban J connectivity index is 1.36. The van der Waals surface area contributed by atoms with Crippen LogP contribution in [0.5, 0.6) is 0 Å². The predicted octanol–water partition coefficient (Wildman–Crippen LogP) is 0.626. The van der Waals surface area contributed by atoms with Gasteiger partial charge in [-0.15, -0.1) is 0 Å². The second-order valence-electron chi connectivity index (χ2n) is 7.87. The Bertz CT molecular complexity index is 764. The van der Waals surface area contributed by atoms with Crippen molar-refractivity contribution in [1.29, 1.82) is 0 Å². The smallest absolute Gasteiger partial charge is 0.325 e. The molecule has 1 aromatic heterocycles. The van der Waals surface area contributed by atoms with Crippen LogP contribution in [-0.2, 0) is 9.59 Å². The van der Waals surface area contributed by atoms with Crippen molar-refractivity contribution in [1.82, 2.24) is 25.1 Å². The minimum Gasteiger partial charge on any atom is -0.352 e. The van der Waals surface area contributed by atoms with E-state index in [1.807, 2.05) is 6.92 Å². The minimum atomic E-state index is -0.819. The number of amides is 4. The molecule has 1 saturated carbocycles. The Kier molecular flexibility index (Phi) is 4.91. The monoisotopic (exact) mass is 386 g/mol. The molecule has 2 saturated heterocycles. The van der Waals surface area contributed by atoms with Gasteiger partial charge in [0.25, 0.3) is 5.91 Å². The SMILES string of the molecule is C[C@H]1CCCC[C@]12NC(=O)N(CC(=O)N1CCN(c3cnccn3)CC1)C2=O. The average molecular weight is 386 g/mol. The summed E-state index contributed by atoms with van der Waals surface area (Å²) >= 11 is 0. The van der Waals surface area contributed by atoms with E-state index >= 15 is 0 Å². The second-order valence-corrected chi connectivity index (χ2v) is 7.87. The number of nitrogens with one attached hydrogen (secondary N) is 1. The molecule has 1 aromatic rings. The van der Waals surface area contributed by atoms with E-state index < -0.39 is 11.6 Å². The fourth-order valence-corrected chi connectivity index (χ4v) is 4.51. The summed E-state index contributed by atoms with van der Waals surface area (Å²) in [6.45, 7) is 4.16. The summed E-state index contributed by atoms with van der Waals surface area (Å²) in [6, 6.07) is -0.440. The average Bonchev–Trinajstić information content (AvgIpc) is 2.96. The van der Waals surface area contributed by atoms with Gasteiger partial charge >= 0.3 is 6.03 Å². The number of carbonyl (C=O) groups is 3. The van der Waals surface area contributed by atoms with Gasteiger partial charge in [0.1, 0.15) is 17.9 Å². The highest BCUT2D eigenvalue weighted by atomic mass is 16.2. The van der Waals surface area contributed by atoms with Crippen molar-refractivity contribution in [2.45, 2.75) is 38.1 Å². The van der Waals surface area contributed by atoms with Gasteiger partial charge in [0.05, 0.1) is 6.20 Å². The van der Waals surface area contributed by atoms with Crippen LogP contribution < -0.4 is 10.2 Å². The number of nitrogens with zero attached hydrogens (tertiary/aromatic N) is 5. The molecule has 3 fully saturated rings. The number of urea groups is 1. The molecule has 0 bridgehead atoms. The molecule has 1 spiro atoms. The first-order valence-electron chi connectivity index (χ1n) is 9.94. The lowest BCUT2D eigenvalue weighted by atomic mass is 9.73. The number of anilines is 1. The van der Waals surface area contributed by atoms with Gasteiger partial charge in [0.15, 0.2) is 0 Å². The summed E-state index contributed by atoms with van der Waals surface area (Å²) in [5.41, 5.74) is -0.819. The third-order valence-electron chi connectivity index (χ3n) is 6.30. The van der Waals surface area contributed by atoms with E-state index in [9.17, 15) is 14.4 Å². The molecule has 1 N–H and O–H groups in total. The zero-order valence-electron chi connectivity index (χ0n) is 16.1. The molecular formula is C19H26N6O3. The summed E-state index contributed by atoms with van der Waals surface area (Å²) in [4.78, 5) is 51.5. The van der Waals surface area contributed by atoms with Crippen molar-refractivity contribution in [3.63, 3.8) is 0 Å². The molecule has 9 nitrogen and oxygen atoms in total. The van der Waals surface area contributed by atoms with Crippen LogP contribution in [0.4, 0.5) is 10.6 Å². The van der Waals surface area contributed by atoms with Gasteiger partial charge in [0.2, 0.25) is 5.91 Å². The molecule has 1 aliphatic carbocycles. The second kappa shape index (κ2) is 7.37. The van der Waals surface area contributed by atoms with Gasteiger partial charge in [-0.05, 0) is 18.8 Å². The highest BCUT2D eigenvalue weighted by Crippen LogP contribution is 2.38. The maximum atomic E-state index is 13.0. The molecule has 2 aliphatic heterocycles. The van der Waals surface area contributed by atoms with Gasteiger partial charge in [0, 0.05) is 38.6 Å². The van der Waals surface area contributed by atoms with Crippen LogP contribution in [-0.4, -0.2) is 75.9 Å². The molecule has 150 valence electrons. The molecule has 4 amide bonds. The van der Waals surface area contributed by atoms with Gasteiger partial charge in [-0.25, -0.2) is 9.78 Å². The molecular weight excluding hydrogens is 360 g/mol. The molecule has 2 atom stereocenters. The van der Waals surface area contributed by atoms with E-state index in [1.165, 1.54) is 0 Å². The zero-order valence-corrected chi connectivity index (χ0v) is 16.1. The van der Waals surface area contributed by atoms with E-state index in [0.717, 1.165) is 30.0 Å². The van der Waals surface area contributed by atoms with Gasteiger partial charge in [-0.1, -0.05) is 19.8 Å². The number of piperazine rings is 1. The fourth-order valence-electron chi connectivity index (χ4n) is 4.51. The largest absolute Gasteiger partial charge is 0.352 e. The highest BCUT2D eigenvalue weighted by molar-refractivity contribution is 6.09. The summed E-state index contributed by atoms with van der Waals surface area (Å²) < 4.78 is 0. The molecule has 9 heteroatoms. The van der Waals surface area contributed by atoms with Crippen molar-refractivity contribution in [2.75, 3.05) is 37.6 Å². The normalized spacial score (nSPS) is 28.0. The first-order valence-corrected chi connectivity index (χ1v) is 9.94. The fraction of sp³-hybridized carbons (Fsp3) is 0.632. The lowest BCUT2D eigenvalue weighted by Gasteiger charge is -2.37. The van der Waals surface area contributed by atoms with Crippen molar-refractivity contribution < 1.29 is 14.4 Å². The molecule has 28 heavy (non-hydrogen) atoms. The minimum absolute atomic E-state index is 0.0910. The third-order valence-corrected chi connectivity index (χ3v) is 6.30. The van der Waals surface area contributed by atoms with Crippen molar-refractivity contribution >= 4 is 23.7 Å². The topological polar surface area (TPSA) is 98.7 Å². The van der Waals surface area contributed by atoms with Crippen LogP contribution in [0.3, 0.4) is 0 Å². The Morgan fingerprint density at radius 1 is 1.21 bits per heavy atom. The van der Waals surface area contributed by atoms with Gasteiger partial charge in [-0.2, -0.15) is 0 Å². The highest BCUT2D eigenvalue weighted by Gasteiger charge is 2.55. The van der Waals surface area contributed by atoms with E-state index in [4.69, 9.17) is 0 Å². The lowest BCUT2D eigenvalue weighted by molar-refractivity contribution is -0.140. The summed E-state index contributed by atoms with van der Waals surface area (Å²) in [5.74, 6) is 0.448. The van der Waals surface area contributed by atoms with Crippen molar-refractivity contribution in [3.05, 3.63) is 18.6 Å². The number of imide groups is 1. The maximum Gasteiger partial charge on any atom is 0.325 e. The van der Waals surface area contributed by atoms with Crippen LogP contribution in [0, 0.1) is 5.92 Å². The molecule has 0 unspecified atom stereocenters. The number of hydrogen-bond acceptors (Lipinski definition) is 6. The summed E-state index contributed by atoms with van der Waals surface area (Å²) in [7, 11) is 0. The first-order chi connectivity index (χ1) is 13.5. The third kappa shape index (κ3) is 3.18. The quantitative estimate of drug-likeness (QED) is 0.765. The maximum absolute atomic E-state index is 13.0. The Morgan fingerprint density at radius 3 is 2.68 bits per heavy atom. The van der Waals surface area contributed by atoms with E-state index in [2.05, 4.69) is 20.2 Å². The molecule has 0 aromatic carbocycles. The zero-order chi connectivity index (χ0) is 19.7. The Labute approximate surface area is 164 Å². The number of hydrogen-bond donors (Lipinski definition) is 1. The van der Waals surface area contributed by atoms with Crippen LogP contribution in [0.15, 0.2) is 18.6 Å². The van der Waals surface area contributed by atoms with Gasteiger partial charge < -0.3 is 15.1 Å². The molecule has 3 heterocycles. The van der Waals surface area contributed by atoms with Crippen LogP contribution >= 0.6 is 0 Å². The molecule has 3 aliphatic rings. The van der Waals surface area contributed by atoms with E-state index in [1.54, 1.807) is 23.5 Å². The van der Waals surface area contributed by atoms with Crippen LogP contribution in [0.2, 0.25) is 0 Å². The van der Waals surface area contributed by atoms with Crippen molar-refractivity contribution in [2.24, 2.45) is 5.92 Å². The van der Waals surface area contributed by atoms with Crippen LogP contribution in [0.25, 0.3) is 0 Å². The number of carbonyl (C=O) groups excluding carboxylic acids is 3. The molecule has 4 rings (SSSR count). The standard InChI is InChI=1S/C19H26N6O3/c1-14-4-2-3-5-19(14)17(27)25(18(28)22-19)13-16(26)24-10-8-23(9-11-24)15-12-20-6-7-21-15/h6-7,12,14H,2-5,8-11,13H2,1H3,(H,22,28)/t14-,19-/m0/s1. The Morgan fingerprint density at radius 2 is 2.00 bits per heavy atom. The van der Waals surface area contributed by atoms with E-state index in [0.29, 0.717) is 32.6 Å². The number of rotatable bonds is 3. The van der Waals surface area contributed by atoms with Crippen molar-refractivity contribution in [3.8, 4) is 0 Å². The summed E-state index contributed by atoms with van der Waals surface area (Å²) in [5, 5.41) is 2.90. The number of aromatic nitrogens is 2. The van der Waals surface area contributed by atoms with E-state index in [-0.39, 0.29) is 24.3 Å². The lowest BCUT2D eigenvalue weighted by Crippen LogP contribution is -2.55. The summed E-state index contributed by atoms with van der Waals surface area (Å²) in [6.07, 6.45) is 8.53. The van der Waals surface area contributed by atoms with Crippen LogP contribution in [0.1, 0.15) is 32.6 Å². The Hall–Kier alpha value is -2.71. The van der Waals surface area contributed by atoms with Gasteiger partial charge in [-0.3, -0.25) is 19.5 Å².